The van der Waals surface area contributed by atoms with Gasteiger partial charge in [-0.3, -0.25) is 4.79 Å². The molecule has 2 aliphatic rings. The van der Waals surface area contributed by atoms with Crippen molar-refractivity contribution in [2.24, 2.45) is 17.8 Å². The zero-order valence-electron chi connectivity index (χ0n) is 14.7. The Morgan fingerprint density at radius 1 is 1.13 bits per heavy atom. The lowest BCUT2D eigenvalue weighted by Crippen LogP contribution is -2.24. The third kappa shape index (κ3) is 6.17. The number of hydrogen-bond donors (Lipinski definition) is 1. The second-order valence-electron chi connectivity index (χ2n) is 7.39. The van der Waals surface area contributed by atoms with Crippen molar-refractivity contribution >= 4 is 17.7 Å². The Morgan fingerprint density at radius 2 is 1.96 bits per heavy atom. The van der Waals surface area contributed by atoms with Crippen molar-refractivity contribution in [1.29, 1.82) is 0 Å². The van der Waals surface area contributed by atoms with Gasteiger partial charge in [-0.25, -0.2) is 0 Å². The molecule has 4 atom stereocenters. The summed E-state index contributed by atoms with van der Waals surface area (Å²) in [5.74, 6) is 3.53. The van der Waals surface area contributed by atoms with Crippen molar-refractivity contribution in [2.75, 3.05) is 5.75 Å². The molecule has 0 aromatic heterocycles. The molecule has 0 aromatic rings. The minimum Gasteiger partial charge on any atom is -0.481 e. The van der Waals surface area contributed by atoms with Crippen LogP contribution in [0.25, 0.3) is 0 Å². The number of allylic oxidation sites excluding steroid dienone is 2. The Kier molecular flexibility index (Phi) is 8.57. The second kappa shape index (κ2) is 10.4. The van der Waals surface area contributed by atoms with Crippen LogP contribution >= 0.6 is 11.8 Å². The number of unbranched alkanes of at least 4 members (excludes halogenated alkanes) is 4. The summed E-state index contributed by atoms with van der Waals surface area (Å²) in [5, 5.41) is 9.56. The Labute approximate surface area is 146 Å². The average molecular weight is 339 g/mol. The lowest BCUT2D eigenvalue weighted by molar-refractivity contribution is -0.137. The number of aliphatic carboxylic acids is 1. The fourth-order valence-electron chi connectivity index (χ4n) is 4.43. The first-order chi connectivity index (χ1) is 11.2. The predicted molar refractivity (Wildman–Crippen MR) is 100.0 cm³/mol. The van der Waals surface area contributed by atoms with Crippen molar-refractivity contribution in [3.63, 3.8) is 0 Å². The molecule has 0 aromatic carbocycles. The number of rotatable bonds is 12. The second-order valence-corrected chi connectivity index (χ2v) is 8.67. The van der Waals surface area contributed by atoms with E-state index in [-0.39, 0.29) is 0 Å². The van der Waals surface area contributed by atoms with Crippen LogP contribution in [0, 0.1) is 17.8 Å². The van der Waals surface area contributed by atoms with Gasteiger partial charge in [-0.1, -0.05) is 38.3 Å². The third-order valence-electron chi connectivity index (χ3n) is 5.65. The maximum absolute atomic E-state index is 10.5. The Hall–Kier alpha value is -0.440. The zero-order chi connectivity index (χ0) is 16.5. The number of carboxylic acids is 1. The maximum Gasteiger partial charge on any atom is 0.303 e. The van der Waals surface area contributed by atoms with Crippen LogP contribution < -0.4 is 0 Å². The van der Waals surface area contributed by atoms with Gasteiger partial charge >= 0.3 is 5.97 Å². The topological polar surface area (TPSA) is 37.3 Å². The molecular weight excluding hydrogens is 304 g/mol. The smallest absolute Gasteiger partial charge is 0.303 e. The van der Waals surface area contributed by atoms with E-state index >= 15 is 0 Å². The summed E-state index contributed by atoms with van der Waals surface area (Å²) in [6.45, 7) is 2.28. The van der Waals surface area contributed by atoms with E-state index in [0.717, 1.165) is 35.8 Å². The van der Waals surface area contributed by atoms with Gasteiger partial charge in [0.15, 0.2) is 0 Å². The van der Waals surface area contributed by atoms with Gasteiger partial charge in [-0.15, -0.1) is 0 Å². The lowest BCUT2D eigenvalue weighted by Gasteiger charge is -2.30. The number of thioether (sulfide) groups is 1. The molecule has 1 N–H and O–H groups in total. The van der Waals surface area contributed by atoms with Crippen molar-refractivity contribution in [2.45, 2.75) is 82.8 Å². The van der Waals surface area contributed by atoms with E-state index in [0.29, 0.717) is 6.42 Å². The minimum atomic E-state index is -0.675. The summed E-state index contributed by atoms with van der Waals surface area (Å²) < 4.78 is 0. The van der Waals surface area contributed by atoms with E-state index in [9.17, 15) is 4.79 Å². The predicted octanol–water partition coefficient (Wildman–Crippen LogP) is 5.92. The highest BCUT2D eigenvalue weighted by atomic mass is 32.2. The summed E-state index contributed by atoms with van der Waals surface area (Å²) in [5.41, 5.74) is 0. The van der Waals surface area contributed by atoms with Gasteiger partial charge < -0.3 is 5.11 Å². The van der Waals surface area contributed by atoms with E-state index in [1.165, 1.54) is 57.1 Å². The van der Waals surface area contributed by atoms with Gasteiger partial charge in [-0.2, -0.15) is 11.8 Å². The van der Waals surface area contributed by atoms with Gasteiger partial charge in [0.05, 0.1) is 0 Å². The molecule has 0 amide bonds. The van der Waals surface area contributed by atoms with Crippen LogP contribution in [0.5, 0.6) is 0 Å². The Balaban J connectivity index is 1.68. The molecule has 2 rings (SSSR count). The normalized spacial score (nSPS) is 29.6. The molecule has 0 heterocycles. The molecule has 0 saturated heterocycles. The minimum absolute atomic E-state index is 0.300. The van der Waals surface area contributed by atoms with Crippen LogP contribution in [0.1, 0.15) is 77.6 Å². The first-order valence-corrected chi connectivity index (χ1v) is 10.8. The van der Waals surface area contributed by atoms with Crippen molar-refractivity contribution in [3.05, 3.63) is 12.2 Å². The lowest BCUT2D eigenvalue weighted by atomic mass is 9.86. The molecule has 132 valence electrons. The van der Waals surface area contributed by atoms with Gasteiger partial charge in [0.1, 0.15) is 0 Å². The molecule has 2 bridgehead atoms. The van der Waals surface area contributed by atoms with E-state index in [2.05, 4.69) is 30.8 Å². The standard InChI is InChI=1S/C20H34O2S/c1-2-3-4-9-14-23-20-17-13-12-16(15-17)18(20)10-7-5-6-8-11-19(21)22/h5,7,16-18,20H,2-4,6,8-15H2,1H3,(H,21,22)/t16-,17+,18-,20-/m1/s1. The van der Waals surface area contributed by atoms with Gasteiger partial charge in [-0.05, 0) is 68.5 Å². The number of fused-ring (bicyclic) bond motifs is 2. The molecule has 0 spiro atoms. The highest BCUT2D eigenvalue weighted by Crippen LogP contribution is 2.54. The van der Waals surface area contributed by atoms with Crippen molar-refractivity contribution in [3.8, 4) is 0 Å². The average Bonchev–Trinajstić information content (AvgIpc) is 3.12. The highest BCUT2D eigenvalue weighted by molar-refractivity contribution is 7.99. The quantitative estimate of drug-likeness (QED) is 0.355. The maximum atomic E-state index is 10.5. The summed E-state index contributed by atoms with van der Waals surface area (Å²) in [4.78, 5) is 10.5. The molecular formula is C20H34O2S. The molecule has 3 heteroatoms. The van der Waals surface area contributed by atoms with Crippen LogP contribution in [-0.4, -0.2) is 22.1 Å². The summed E-state index contributed by atoms with van der Waals surface area (Å²) in [7, 11) is 0. The van der Waals surface area contributed by atoms with Crippen LogP contribution in [0.2, 0.25) is 0 Å². The first kappa shape index (κ1) is 18.9. The third-order valence-corrected chi connectivity index (χ3v) is 7.29. The van der Waals surface area contributed by atoms with Crippen LogP contribution in [-0.2, 0) is 4.79 Å². The Morgan fingerprint density at radius 3 is 2.74 bits per heavy atom. The molecule has 2 fully saturated rings. The molecule has 0 radical (unpaired) electrons. The first-order valence-electron chi connectivity index (χ1n) is 9.70. The SMILES string of the molecule is CCCCCCS[C@@H]1[C@H]2CC[C@H](C2)[C@H]1CC=CCCCC(=O)O. The monoisotopic (exact) mass is 338 g/mol. The van der Waals surface area contributed by atoms with Crippen LogP contribution in [0.4, 0.5) is 0 Å². The van der Waals surface area contributed by atoms with Crippen LogP contribution in [0.3, 0.4) is 0 Å². The summed E-state index contributed by atoms with van der Waals surface area (Å²) in [6.07, 6.45) is 17.7. The van der Waals surface area contributed by atoms with E-state index < -0.39 is 5.97 Å². The summed E-state index contributed by atoms with van der Waals surface area (Å²) in [6, 6.07) is 0. The number of carbonyl (C=O) groups is 1. The van der Waals surface area contributed by atoms with E-state index in [1.807, 2.05) is 0 Å². The van der Waals surface area contributed by atoms with Gasteiger partial charge in [0.25, 0.3) is 0 Å². The summed E-state index contributed by atoms with van der Waals surface area (Å²) >= 11 is 2.27. The molecule has 2 nitrogen and oxygen atoms in total. The number of hydrogen-bond acceptors (Lipinski definition) is 2. The van der Waals surface area contributed by atoms with E-state index in [1.54, 1.807) is 0 Å². The molecule has 2 saturated carbocycles. The molecule has 23 heavy (non-hydrogen) atoms. The van der Waals surface area contributed by atoms with Gasteiger partial charge in [0.2, 0.25) is 0 Å². The molecule has 2 aliphatic carbocycles. The zero-order valence-corrected chi connectivity index (χ0v) is 15.5. The molecule has 0 aliphatic heterocycles. The largest absolute Gasteiger partial charge is 0.481 e. The van der Waals surface area contributed by atoms with Crippen LogP contribution in [0.15, 0.2) is 12.2 Å². The highest BCUT2D eigenvalue weighted by Gasteiger charge is 2.46. The van der Waals surface area contributed by atoms with Gasteiger partial charge in [0, 0.05) is 11.7 Å². The van der Waals surface area contributed by atoms with Crippen molar-refractivity contribution in [1.82, 2.24) is 0 Å². The number of carboxylic acid groups (broad SMARTS) is 1. The Bertz CT molecular complexity index is 380. The fraction of sp³-hybridized carbons (Fsp3) is 0.850. The fourth-order valence-corrected chi connectivity index (χ4v) is 6.18. The van der Waals surface area contributed by atoms with Crippen molar-refractivity contribution < 1.29 is 9.90 Å². The van der Waals surface area contributed by atoms with E-state index in [4.69, 9.17) is 5.11 Å². The molecule has 0 unspecified atom stereocenters.